The lowest BCUT2D eigenvalue weighted by molar-refractivity contribution is 0.0953. The van der Waals surface area contributed by atoms with Gasteiger partial charge < -0.3 is 25.4 Å². The summed E-state index contributed by atoms with van der Waals surface area (Å²) in [6.07, 6.45) is 2.04. The van der Waals surface area contributed by atoms with Gasteiger partial charge in [-0.05, 0) is 50.1 Å². The number of aliphatic imine (C=N–C) groups is 1. The first kappa shape index (κ1) is 27.5. The van der Waals surface area contributed by atoms with Crippen molar-refractivity contribution in [2.45, 2.75) is 40.2 Å². The third kappa shape index (κ3) is 8.94. The van der Waals surface area contributed by atoms with Crippen molar-refractivity contribution in [1.82, 2.24) is 10.6 Å². The van der Waals surface area contributed by atoms with Crippen molar-refractivity contribution in [2.75, 3.05) is 32.1 Å². The molecule has 0 saturated carbocycles. The molecule has 0 unspecified atom stereocenters. The predicted octanol–water partition coefficient (Wildman–Crippen LogP) is 4.82. The number of anilines is 1. The van der Waals surface area contributed by atoms with Crippen molar-refractivity contribution in [3.8, 4) is 11.5 Å². The van der Waals surface area contributed by atoms with E-state index in [0.717, 1.165) is 30.6 Å². The van der Waals surface area contributed by atoms with Crippen molar-refractivity contribution >= 4 is 41.5 Å². The van der Waals surface area contributed by atoms with Crippen LogP contribution in [0.1, 0.15) is 49.5 Å². The van der Waals surface area contributed by atoms with Gasteiger partial charge in [0.15, 0.2) is 17.5 Å². The molecule has 0 fully saturated rings. The second kappa shape index (κ2) is 15.3. The highest BCUT2D eigenvalue weighted by Crippen LogP contribution is 2.30. The van der Waals surface area contributed by atoms with E-state index in [2.05, 4.69) is 27.9 Å². The lowest BCUT2D eigenvalue weighted by atomic mass is 10.1. The molecule has 0 aliphatic carbocycles. The fourth-order valence-electron chi connectivity index (χ4n) is 2.88. The summed E-state index contributed by atoms with van der Waals surface area (Å²) in [6, 6.07) is 13.2. The molecule has 8 heteroatoms. The fourth-order valence-corrected chi connectivity index (χ4v) is 2.88. The van der Waals surface area contributed by atoms with Gasteiger partial charge >= 0.3 is 0 Å². The average molecular weight is 554 g/mol. The second-order valence-corrected chi connectivity index (χ2v) is 6.93. The van der Waals surface area contributed by atoms with E-state index in [9.17, 15) is 4.79 Å². The highest BCUT2D eigenvalue weighted by atomic mass is 127. The number of ether oxygens (including phenoxy) is 2. The van der Waals surface area contributed by atoms with Gasteiger partial charge in [-0.25, -0.2) is 4.99 Å². The first-order chi connectivity index (χ1) is 15.1. The summed E-state index contributed by atoms with van der Waals surface area (Å²) in [4.78, 5) is 16.8. The van der Waals surface area contributed by atoms with E-state index >= 15 is 0 Å². The number of guanidine groups is 1. The zero-order chi connectivity index (χ0) is 22.5. The van der Waals surface area contributed by atoms with Crippen molar-refractivity contribution < 1.29 is 14.3 Å². The Morgan fingerprint density at radius 2 is 1.75 bits per heavy atom. The quantitative estimate of drug-likeness (QED) is 0.161. The number of nitrogens with one attached hydrogen (secondary N) is 3. The van der Waals surface area contributed by atoms with Crippen LogP contribution in [0.15, 0.2) is 47.5 Å². The van der Waals surface area contributed by atoms with Gasteiger partial charge in [0.2, 0.25) is 0 Å². The molecule has 32 heavy (non-hydrogen) atoms. The van der Waals surface area contributed by atoms with E-state index in [1.54, 1.807) is 7.11 Å². The molecule has 2 aromatic carbocycles. The maximum atomic E-state index is 12.1. The summed E-state index contributed by atoms with van der Waals surface area (Å²) in [5.74, 6) is 1.99. The van der Waals surface area contributed by atoms with Crippen LogP contribution in [0.25, 0.3) is 0 Å². The summed E-state index contributed by atoms with van der Waals surface area (Å²) in [7, 11) is 1.62. The van der Waals surface area contributed by atoms with Crippen molar-refractivity contribution in [1.29, 1.82) is 0 Å². The molecule has 176 valence electrons. The molecular weight excluding hydrogens is 519 g/mol. The molecule has 0 aliphatic heterocycles. The van der Waals surface area contributed by atoms with Crippen LogP contribution < -0.4 is 25.4 Å². The molecule has 2 aromatic rings. The molecule has 0 spiro atoms. The van der Waals surface area contributed by atoms with Crippen LogP contribution in [-0.4, -0.2) is 38.7 Å². The normalized spacial score (nSPS) is 10.7. The number of unbranched alkanes of at least 4 members (excludes halogenated alkanes) is 1. The summed E-state index contributed by atoms with van der Waals surface area (Å²) in [6.45, 7) is 8.55. The molecular formula is C24H35IN4O3. The van der Waals surface area contributed by atoms with Gasteiger partial charge in [-0.15, -0.1) is 24.0 Å². The Morgan fingerprint density at radius 3 is 2.38 bits per heavy atom. The molecule has 7 nitrogen and oxygen atoms in total. The van der Waals surface area contributed by atoms with E-state index in [4.69, 9.17) is 9.47 Å². The highest BCUT2D eigenvalue weighted by Gasteiger charge is 2.08. The maximum absolute atomic E-state index is 12.1. The number of nitrogens with zero attached hydrogens (tertiary/aromatic N) is 1. The van der Waals surface area contributed by atoms with Crippen molar-refractivity contribution in [3.63, 3.8) is 0 Å². The summed E-state index contributed by atoms with van der Waals surface area (Å²) >= 11 is 0. The predicted molar refractivity (Wildman–Crippen MR) is 142 cm³/mol. The van der Waals surface area contributed by atoms with E-state index in [0.29, 0.717) is 42.7 Å². The molecule has 1 amide bonds. The lowest BCUT2D eigenvalue weighted by Gasteiger charge is -2.14. The Labute approximate surface area is 208 Å². The van der Waals surface area contributed by atoms with Crippen LogP contribution in [-0.2, 0) is 6.54 Å². The number of amides is 1. The first-order valence-corrected chi connectivity index (χ1v) is 10.8. The maximum Gasteiger partial charge on any atom is 0.251 e. The molecule has 0 saturated heterocycles. The Hall–Kier alpha value is -2.49. The molecule has 0 radical (unpaired) electrons. The number of hydrogen-bond acceptors (Lipinski definition) is 4. The van der Waals surface area contributed by atoms with Gasteiger partial charge in [0.05, 0.1) is 20.3 Å². The summed E-state index contributed by atoms with van der Waals surface area (Å²) in [5.41, 5.74) is 2.53. The first-order valence-electron chi connectivity index (χ1n) is 10.8. The zero-order valence-corrected chi connectivity index (χ0v) is 21.7. The smallest absolute Gasteiger partial charge is 0.251 e. The Balaban J connectivity index is 0.00000512. The number of benzene rings is 2. The van der Waals surface area contributed by atoms with Crippen LogP contribution in [0.4, 0.5) is 5.69 Å². The van der Waals surface area contributed by atoms with Gasteiger partial charge in [-0.3, -0.25) is 4.79 Å². The topological polar surface area (TPSA) is 84.0 Å². The zero-order valence-electron chi connectivity index (χ0n) is 19.4. The van der Waals surface area contributed by atoms with Gasteiger partial charge in [0.1, 0.15) is 0 Å². The minimum Gasteiger partial charge on any atom is -0.493 e. The minimum atomic E-state index is -0.0389. The van der Waals surface area contributed by atoms with Crippen LogP contribution in [0, 0.1) is 0 Å². The Kier molecular flexibility index (Phi) is 13.2. The van der Waals surface area contributed by atoms with Gasteiger partial charge in [-0.2, -0.15) is 0 Å². The monoisotopic (exact) mass is 554 g/mol. The van der Waals surface area contributed by atoms with Crippen LogP contribution in [0.3, 0.4) is 0 Å². The Bertz CT molecular complexity index is 857. The van der Waals surface area contributed by atoms with Gasteiger partial charge in [0, 0.05) is 30.4 Å². The van der Waals surface area contributed by atoms with Crippen LogP contribution in [0.2, 0.25) is 0 Å². The minimum absolute atomic E-state index is 0. The highest BCUT2D eigenvalue weighted by molar-refractivity contribution is 14.0. The molecule has 0 aliphatic rings. The van der Waals surface area contributed by atoms with E-state index in [-0.39, 0.29) is 29.9 Å². The third-order valence-corrected chi connectivity index (χ3v) is 4.52. The number of rotatable bonds is 11. The fraction of sp³-hybridized carbons (Fsp3) is 0.417. The van der Waals surface area contributed by atoms with E-state index in [1.807, 2.05) is 56.3 Å². The molecule has 0 aromatic heterocycles. The van der Waals surface area contributed by atoms with Crippen LogP contribution >= 0.6 is 24.0 Å². The third-order valence-electron chi connectivity index (χ3n) is 4.52. The number of hydrogen-bond donors (Lipinski definition) is 3. The Morgan fingerprint density at radius 1 is 1.00 bits per heavy atom. The lowest BCUT2D eigenvalue weighted by Crippen LogP contribution is -2.30. The van der Waals surface area contributed by atoms with E-state index in [1.165, 1.54) is 0 Å². The molecule has 0 heterocycles. The molecule has 2 rings (SSSR count). The standard InChI is InChI=1S/C24H34N4O3.HI/c1-5-8-15-26-23(29)19-11-9-18(10-12-19)17-27-24(25-6-2)28-20-13-14-21(31-7-3)22(16-20)30-4;/h9-14,16H,5-8,15,17H2,1-4H3,(H,26,29)(H2,25,27,28);1H. The number of carbonyl (C=O) groups excluding carboxylic acids is 1. The SMILES string of the molecule is CCCCNC(=O)c1ccc(CN=C(NCC)Nc2ccc(OCC)c(OC)c2)cc1.I. The molecule has 0 bridgehead atoms. The number of halogens is 1. The van der Waals surface area contributed by atoms with Crippen molar-refractivity contribution in [3.05, 3.63) is 53.6 Å². The van der Waals surface area contributed by atoms with E-state index < -0.39 is 0 Å². The molecule has 0 atom stereocenters. The van der Waals surface area contributed by atoms with Crippen molar-refractivity contribution in [2.24, 2.45) is 4.99 Å². The second-order valence-electron chi connectivity index (χ2n) is 6.93. The number of carbonyl (C=O) groups is 1. The largest absolute Gasteiger partial charge is 0.493 e. The summed E-state index contributed by atoms with van der Waals surface area (Å²) < 4.78 is 11.0. The number of methoxy groups -OCH3 is 1. The van der Waals surface area contributed by atoms with Crippen LogP contribution in [0.5, 0.6) is 11.5 Å². The molecule has 3 N–H and O–H groups in total. The van der Waals surface area contributed by atoms with Gasteiger partial charge in [-0.1, -0.05) is 25.5 Å². The van der Waals surface area contributed by atoms with Gasteiger partial charge in [0.25, 0.3) is 5.91 Å². The summed E-state index contributed by atoms with van der Waals surface area (Å²) in [5, 5.41) is 9.46. The average Bonchev–Trinajstić information content (AvgIpc) is 2.79.